The fourth-order valence-electron chi connectivity index (χ4n) is 2.03. The van der Waals surface area contributed by atoms with Crippen LogP contribution in [0.25, 0.3) is 0 Å². The third kappa shape index (κ3) is 2.20. The Bertz CT molecular complexity index is 483. The maximum Gasteiger partial charge on any atom is 0.108 e. The Morgan fingerprint density at radius 2 is 2.06 bits per heavy atom. The molecule has 1 aliphatic heterocycles. The summed E-state index contributed by atoms with van der Waals surface area (Å²) in [7, 11) is 2.02. The molecule has 0 aromatic heterocycles. The molecule has 0 aliphatic carbocycles. The minimum atomic E-state index is 0.383. The fourth-order valence-corrected chi connectivity index (χ4v) is 2.37. The van der Waals surface area contributed by atoms with Gasteiger partial charge in [0.1, 0.15) is 11.7 Å². The summed E-state index contributed by atoms with van der Waals surface area (Å²) in [6.07, 6.45) is 0.652. The molecule has 1 aromatic carbocycles. The van der Waals surface area contributed by atoms with Gasteiger partial charge in [-0.15, -0.1) is 0 Å². The lowest BCUT2D eigenvalue weighted by Gasteiger charge is -2.24. The molecular formula is C12H15BrN4. The zero-order valence-corrected chi connectivity index (χ0v) is 11.5. The molecule has 0 radical (unpaired) electrons. The zero-order chi connectivity index (χ0) is 12.6. The van der Waals surface area contributed by atoms with Crippen LogP contribution >= 0.6 is 15.9 Å². The van der Waals surface area contributed by atoms with Crippen molar-refractivity contribution in [3.05, 3.63) is 22.7 Å². The first kappa shape index (κ1) is 12.1. The van der Waals surface area contributed by atoms with Gasteiger partial charge in [-0.05, 0) is 25.1 Å². The van der Waals surface area contributed by atoms with Gasteiger partial charge in [0.05, 0.1) is 11.4 Å². The monoisotopic (exact) mass is 294 g/mol. The van der Waals surface area contributed by atoms with Gasteiger partial charge in [-0.1, -0.05) is 15.9 Å². The van der Waals surface area contributed by atoms with Crippen molar-refractivity contribution in [2.24, 2.45) is 0 Å². The van der Waals surface area contributed by atoms with E-state index in [-0.39, 0.29) is 0 Å². The normalized spacial score (nSPS) is 15.6. The number of nitrogens with one attached hydrogen (secondary N) is 2. The van der Waals surface area contributed by atoms with Crippen LogP contribution in [0.15, 0.2) is 22.7 Å². The highest BCUT2D eigenvalue weighted by molar-refractivity contribution is 9.10. The molecule has 4 nitrogen and oxygen atoms in total. The van der Waals surface area contributed by atoms with Gasteiger partial charge in [-0.25, -0.2) is 0 Å². The number of amidine groups is 2. The molecule has 0 fully saturated rings. The Morgan fingerprint density at radius 3 is 2.71 bits per heavy atom. The minimum absolute atomic E-state index is 0.383. The summed E-state index contributed by atoms with van der Waals surface area (Å²) in [6, 6.07) is 5.93. The standard InChI is InChI=1S/C12H15BrN4/c1-8(14)17-10-4-3-9(13)7-11(10)16(2)6-5-12(17)15/h3-4,7,14-15H,5-6H2,1-2H3. The summed E-state index contributed by atoms with van der Waals surface area (Å²) < 4.78 is 1.01. The lowest BCUT2D eigenvalue weighted by Crippen LogP contribution is -2.33. The summed E-state index contributed by atoms with van der Waals surface area (Å²) in [5.74, 6) is 0.860. The maximum atomic E-state index is 8.04. The van der Waals surface area contributed by atoms with Gasteiger partial charge in [-0.3, -0.25) is 15.7 Å². The van der Waals surface area contributed by atoms with Gasteiger partial charge >= 0.3 is 0 Å². The molecule has 0 unspecified atom stereocenters. The molecule has 0 atom stereocenters. The number of fused-ring (bicyclic) bond motifs is 1. The van der Waals surface area contributed by atoms with E-state index in [1.54, 1.807) is 11.8 Å². The van der Waals surface area contributed by atoms with Crippen molar-refractivity contribution >= 4 is 39.0 Å². The van der Waals surface area contributed by atoms with Gasteiger partial charge in [-0.2, -0.15) is 0 Å². The van der Waals surface area contributed by atoms with Crippen LogP contribution in [0.1, 0.15) is 13.3 Å². The highest BCUT2D eigenvalue weighted by atomic mass is 79.9. The molecule has 0 saturated carbocycles. The number of anilines is 2. The molecule has 1 aliphatic rings. The largest absolute Gasteiger partial charge is 0.372 e. The van der Waals surface area contributed by atoms with Crippen molar-refractivity contribution in [2.45, 2.75) is 13.3 Å². The highest BCUT2D eigenvalue weighted by Crippen LogP contribution is 2.34. The Balaban J connectivity index is 2.60. The van der Waals surface area contributed by atoms with Crippen molar-refractivity contribution in [3.63, 3.8) is 0 Å². The molecule has 2 rings (SSSR count). The summed E-state index contributed by atoms with van der Waals surface area (Å²) in [6.45, 7) is 2.51. The fraction of sp³-hybridized carbons (Fsp3) is 0.333. The van der Waals surface area contributed by atoms with Crippen LogP contribution in [-0.4, -0.2) is 25.3 Å². The smallest absolute Gasteiger partial charge is 0.108 e. The molecule has 0 spiro atoms. The zero-order valence-electron chi connectivity index (χ0n) is 9.92. The van der Waals surface area contributed by atoms with E-state index in [1.807, 2.05) is 25.2 Å². The van der Waals surface area contributed by atoms with Crippen molar-refractivity contribution in [2.75, 3.05) is 23.4 Å². The Labute approximate surface area is 109 Å². The van der Waals surface area contributed by atoms with E-state index in [9.17, 15) is 0 Å². The Hall–Kier alpha value is -1.36. The van der Waals surface area contributed by atoms with Gasteiger partial charge in [0, 0.05) is 24.5 Å². The first-order valence-corrected chi connectivity index (χ1v) is 6.23. The van der Waals surface area contributed by atoms with Crippen LogP contribution in [-0.2, 0) is 0 Å². The third-order valence-electron chi connectivity index (χ3n) is 2.88. The molecule has 0 bridgehead atoms. The van der Waals surface area contributed by atoms with E-state index < -0.39 is 0 Å². The average Bonchev–Trinajstić information content (AvgIpc) is 2.38. The number of hydrogen-bond acceptors (Lipinski definition) is 3. The highest BCUT2D eigenvalue weighted by Gasteiger charge is 2.23. The Morgan fingerprint density at radius 1 is 1.35 bits per heavy atom. The topological polar surface area (TPSA) is 54.2 Å². The summed E-state index contributed by atoms with van der Waals surface area (Å²) in [5.41, 5.74) is 1.96. The van der Waals surface area contributed by atoms with E-state index in [4.69, 9.17) is 10.8 Å². The van der Waals surface area contributed by atoms with E-state index in [0.717, 1.165) is 22.4 Å². The van der Waals surface area contributed by atoms with Crippen LogP contribution < -0.4 is 9.80 Å². The quantitative estimate of drug-likeness (QED) is 0.571. The first-order valence-electron chi connectivity index (χ1n) is 5.44. The summed E-state index contributed by atoms with van der Waals surface area (Å²) in [4.78, 5) is 3.82. The maximum absolute atomic E-state index is 8.04. The van der Waals surface area contributed by atoms with Crippen molar-refractivity contribution in [1.29, 1.82) is 10.8 Å². The second-order valence-corrected chi connectivity index (χ2v) is 5.09. The molecule has 0 amide bonds. The van der Waals surface area contributed by atoms with Gasteiger partial charge in [0.2, 0.25) is 0 Å². The lowest BCUT2D eigenvalue weighted by molar-refractivity contribution is 0.925. The molecule has 0 saturated heterocycles. The Kier molecular flexibility index (Phi) is 3.19. The number of hydrogen-bond donors (Lipinski definition) is 2. The molecular weight excluding hydrogens is 280 g/mol. The van der Waals surface area contributed by atoms with Gasteiger partial charge in [0.15, 0.2) is 0 Å². The third-order valence-corrected chi connectivity index (χ3v) is 3.37. The average molecular weight is 295 g/mol. The molecule has 1 heterocycles. The minimum Gasteiger partial charge on any atom is -0.372 e. The number of benzene rings is 1. The SMILES string of the molecule is CC(=N)N1C(=N)CCN(C)c2cc(Br)ccc21. The van der Waals surface area contributed by atoms with Crippen LogP contribution in [0.2, 0.25) is 0 Å². The molecule has 5 heteroatoms. The van der Waals surface area contributed by atoms with E-state index in [2.05, 4.69) is 20.8 Å². The van der Waals surface area contributed by atoms with Crippen LogP contribution in [0.5, 0.6) is 0 Å². The van der Waals surface area contributed by atoms with E-state index in [0.29, 0.717) is 18.1 Å². The lowest BCUT2D eigenvalue weighted by atomic mass is 10.2. The number of halogens is 1. The first-order chi connectivity index (χ1) is 8.00. The van der Waals surface area contributed by atoms with Crippen molar-refractivity contribution in [3.8, 4) is 0 Å². The molecule has 90 valence electrons. The number of rotatable bonds is 0. The van der Waals surface area contributed by atoms with Gasteiger partial charge in [0.25, 0.3) is 0 Å². The summed E-state index contributed by atoms with van der Waals surface area (Å²) >= 11 is 3.46. The van der Waals surface area contributed by atoms with Crippen molar-refractivity contribution in [1.82, 2.24) is 0 Å². The predicted octanol–water partition coefficient (Wildman–Crippen LogP) is 3.07. The van der Waals surface area contributed by atoms with Gasteiger partial charge < -0.3 is 4.90 Å². The predicted molar refractivity (Wildman–Crippen MR) is 75.6 cm³/mol. The van der Waals surface area contributed by atoms with E-state index in [1.165, 1.54) is 0 Å². The molecule has 1 aromatic rings. The van der Waals surface area contributed by atoms with Crippen molar-refractivity contribution < 1.29 is 0 Å². The molecule has 2 N–H and O–H groups in total. The second kappa shape index (κ2) is 4.49. The van der Waals surface area contributed by atoms with E-state index >= 15 is 0 Å². The second-order valence-electron chi connectivity index (χ2n) is 4.17. The molecule has 17 heavy (non-hydrogen) atoms. The number of nitrogens with zero attached hydrogens (tertiary/aromatic N) is 2. The van der Waals surface area contributed by atoms with Crippen LogP contribution in [0.3, 0.4) is 0 Å². The summed E-state index contributed by atoms with van der Waals surface area (Å²) in [5, 5.41) is 15.9. The van der Waals surface area contributed by atoms with Crippen LogP contribution in [0, 0.1) is 10.8 Å². The van der Waals surface area contributed by atoms with Crippen LogP contribution in [0.4, 0.5) is 11.4 Å².